The van der Waals surface area contributed by atoms with Crippen LogP contribution >= 0.6 is 0 Å². The average Bonchev–Trinajstić information content (AvgIpc) is 2.69. The minimum atomic E-state index is -0.190. The number of anilines is 2. The van der Waals surface area contributed by atoms with Gasteiger partial charge >= 0.3 is 6.03 Å². The van der Waals surface area contributed by atoms with Gasteiger partial charge < -0.3 is 20.3 Å². The topological polar surface area (TPSA) is 53.6 Å². The summed E-state index contributed by atoms with van der Waals surface area (Å²) in [7, 11) is 1.66. The summed E-state index contributed by atoms with van der Waals surface area (Å²) in [6, 6.07) is 15.8. The number of para-hydroxylation sites is 1. The summed E-state index contributed by atoms with van der Waals surface area (Å²) in [5.41, 5.74) is 3.11. The smallest absolute Gasteiger partial charge is 0.319 e. The Morgan fingerprint density at radius 3 is 2.52 bits per heavy atom. The molecule has 5 nitrogen and oxygen atoms in total. The number of hydrogen-bond donors (Lipinski definition) is 2. The molecular formula is C22H29N3O2. The van der Waals surface area contributed by atoms with E-state index >= 15 is 0 Å². The van der Waals surface area contributed by atoms with Gasteiger partial charge in [0.15, 0.2) is 0 Å². The molecule has 1 aliphatic rings. The predicted octanol–water partition coefficient (Wildman–Crippen LogP) is 4.30. The molecule has 0 unspecified atom stereocenters. The molecule has 0 bridgehead atoms. The molecule has 27 heavy (non-hydrogen) atoms. The lowest BCUT2D eigenvalue weighted by atomic mass is 9.99. The molecule has 1 aliphatic heterocycles. The Morgan fingerprint density at radius 1 is 1.11 bits per heavy atom. The fraction of sp³-hybridized carbons (Fsp3) is 0.409. The predicted molar refractivity (Wildman–Crippen MR) is 111 cm³/mol. The lowest BCUT2D eigenvalue weighted by molar-refractivity contribution is 0.252. The number of benzene rings is 2. The zero-order valence-corrected chi connectivity index (χ0v) is 16.2. The summed E-state index contributed by atoms with van der Waals surface area (Å²) in [5, 5.41) is 5.79. The third-order valence-corrected chi connectivity index (χ3v) is 5.15. The standard InChI is InChI=1S/C22H29N3O2/c1-17-12-15-25(16-13-17)20-9-7-19(8-10-20)24-22(26)23-14-11-18-5-3-4-6-21(18)27-2/h3-10,17H,11-16H2,1-2H3,(H2,23,24,26). The highest BCUT2D eigenvalue weighted by atomic mass is 16.5. The number of amides is 2. The van der Waals surface area contributed by atoms with Crippen LogP contribution in [0.3, 0.4) is 0 Å². The highest BCUT2D eigenvalue weighted by Gasteiger charge is 2.15. The van der Waals surface area contributed by atoms with Crippen LogP contribution in [0.4, 0.5) is 16.2 Å². The van der Waals surface area contributed by atoms with Crippen molar-refractivity contribution < 1.29 is 9.53 Å². The van der Waals surface area contributed by atoms with Gasteiger partial charge in [0.05, 0.1) is 7.11 Å². The number of ether oxygens (including phenoxy) is 1. The van der Waals surface area contributed by atoms with E-state index in [0.717, 1.165) is 42.4 Å². The Morgan fingerprint density at radius 2 is 1.81 bits per heavy atom. The van der Waals surface area contributed by atoms with Crippen molar-refractivity contribution in [3.63, 3.8) is 0 Å². The average molecular weight is 367 g/mol. The molecule has 144 valence electrons. The van der Waals surface area contributed by atoms with Crippen molar-refractivity contribution in [2.75, 3.05) is 37.0 Å². The molecule has 1 heterocycles. The number of nitrogens with zero attached hydrogens (tertiary/aromatic N) is 1. The van der Waals surface area contributed by atoms with Crippen molar-refractivity contribution >= 4 is 17.4 Å². The molecule has 2 N–H and O–H groups in total. The molecule has 1 saturated heterocycles. The van der Waals surface area contributed by atoms with Gasteiger partial charge in [-0.1, -0.05) is 25.1 Å². The van der Waals surface area contributed by atoms with Gasteiger partial charge in [-0.3, -0.25) is 0 Å². The largest absolute Gasteiger partial charge is 0.496 e. The Hall–Kier alpha value is -2.69. The van der Waals surface area contributed by atoms with Crippen molar-refractivity contribution in [1.82, 2.24) is 5.32 Å². The molecular weight excluding hydrogens is 338 g/mol. The number of methoxy groups -OCH3 is 1. The first-order valence-electron chi connectivity index (χ1n) is 9.67. The van der Waals surface area contributed by atoms with Crippen LogP contribution in [0.1, 0.15) is 25.3 Å². The first-order chi connectivity index (χ1) is 13.2. The molecule has 2 aromatic rings. The molecule has 0 saturated carbocycles. The fourth-order valence-corrected chi connectivity index (χ4v) is 3.42. The summed E-state index contributed by atoms with van der Waals surface area (Å²) in [6.07, 6.45) is 3.22. The van der Waals surface area contributed by atoms with Crippen LogP contribution in [0.2, 0.25) is 0 Å². The second-order valence-electron chi connectivity index (χ2n) is 7.16. The first kappa shape index (κ1) is 19.1. The summed E-state index contributed by atoms with van der Waals surface area (Å²) < 4.78 is 5.33. The van der Waals surface area contributed by atoms with Gasteiger partial charge in [0.25, 0.3) is 0 Å². The number of nitrogens with one attached hydrogen (secondary N) is 2. The zero-order valence-electron chi connectivity index (χ0n) is 16.2. The molecule has 0 radical (unpaired) electrons. The summed E-state index contributed by atoms with van der Waals surface area (Å²) in [6.45, 7) is 5.09. The lowest BCUT2D eigenvalue weighted by Crippen LogP contribution is -2.32. The maximum absolute atomic E-state index is 12.1. The molecule has 2 aromatic carbocycles. The van der Waals surface area contributed by atoms with E-state index in [1.165, 1.54) is 18.5 Å². The van der Waals surface area contributed by atoms with E-state index in [9.17, 15) is 4.79 Å². The van der Waals surface area contributed by atoms with Crippen LogP contribution in [0.5, 0.6) is 5.75 Å². The van der Waals surface area contributed by atoms with Crippen LogP contribution in [-0.4, -0.2) is 32.8 Å². The quantitative estimate of drug-likeness (QED) is 0.800. The summed E-state index contributed by atoms with van der Waals surface area (Å²) >= 11 is 0. The van der Waals surface area contributed by atoms with Gasteiger partial charge in [-0.05, 0) is 61.1 Å². The van der Waals surface area contributed by atoms with Crippen LogP contribution in [-0.2, 0) is 6.42 Å². The van der Waals surface area contributed by atoms with E-state index in [4.69, 9.17) is 4.74 Å². The lowest BCUT2D eigenvalue weighted by Gasteiger charge is -2.32. The van der Waals surface area contributed by atoms with Crippen LogP contribution in [0.25, 0.3) is 0 Å². The van der Waals surface area contributed by atoms with Crippen molar-refractivity contribution in [3.8, 4) is 5.75 Å². The number of urea groups is 1. The fourth-order valence-electron chi connectivity index (χ4n) is 3.42. The second-order valence-corrected chi connectivity index (χ2v) is 7.16. The molecule has 0 spiro atoms. The Bertz CT molecular complexity index is 737. The first-order valence-corrected chi connectivity index (χ1v) is 9.67. The summed E-state index contributed by atoms with van der Waals surface area (Å²) in [5.74, 6) is 1.67. The van der Waals surface area contributed by atoms with E-state index in [0.29, 0.717) is 6.54 Å². The molecule has 5 heteroatoms. The Labute approximate surface area is 161 Å². The van der Waals surface area contributed by atoms with Crippen molar-refractivity contribution in [2.24, 2.45) is 5.92 Å². The zero-order chi connectivity index (χ0) is 19.1. The van der Waals surface area contributed by atoms with Crippen molar-refractivity contribution in [2.45, 2.75) is 26.2 Å². The highest BCUT2D eigenvalue weighted by Crippen LogP contribution is 2.24. The van der Waals surface area contributed by atoms with Crippen LogP contribution in [0.15, 0.2) is 48.5 Å². The Balaban J connectivity index is 1.45. The minimum Gasteiger partial charge on any atom is -0.496 e. The maximum atomic E-state index is 12.1. The monoisotopic (exact) mass is 367 g/mol. The third kappa shape index (κ3) is 5.39. The highest BCUT2D eigenvalue weighted by molar-refractivity contribution is 5.89. The van der Waals surface area contributed by atoms with Crippen LogP contribution < -0.4 is 20.3 Å². The van der Waals surface area contributed by atoms with E-state index in [-0.39, 0.29) is 6.03 Å². The van der Waals surface area contributed by atoms with Gasteiger partial charge in [0, 0.05) is 31.0 Å². The Kier molecular flexibility index (Phi) is 6.58. The molecule has 3 rings (SSSR count). The minimum absolute atomic E-state index is 0.190. The van der Waals surface area contributed by atoms with Crippen molar-refractivity contribution in [3.05, 3.63) is 54.1 Å². The SMILES string of the molecule is COc1ccccc1CCNC(=O)Nc1ccc(N2CCC(C)CC2)cc1. The van der Waals surface area contributed by atoms with Crippen LogP contribution in [0, 0.1) is 5.92 Å². The van der Waals surface area contributed by atoms with Gasteiger partial charge in [-0.2, -0.15) is 0 Å². The number of hydrogen-bond acceptors (Lipinski definition) is 3. The van der Waals surface area contributed by atoms with Gasteiger partial charge in [0.1, 0.15) is 5.75 Å². The number of piperidine rings is 1. The number of carbonyl (C=O) groups excluding carboxylic acids is 1. The number of rotatable bonds is 6. The summed E-state index contributed by atoms with van der Waals surface area (Å²) in [4.78, 5) is 14.5. The van der Waals surface area contributed by atoms with E-state index in [1.54, 1.807) is 7.11 Å². The molecule has 1 fully saturated rings. The molecule has 2 amide bonds. The molecule has 0 atom stereocenters. The maximum Gasteiger partial charge on any atom is 0.319 e. The molecule has 0 aliphatic carbocycles. The molecule has 0 aromatic heterocycles. The number of carbonyl (C=O) groups is 1. The van der Waals surface area contributed by atoms with Crippen molar-refractivity contribution in [1.29, 1.82) is 0 Å². The van der Waals surface area contributed by atoms with E-state index in [2.05, 4.69) is 34.6 Å². The van der Waals surface area contributed by atoms with E-state index < -0.39 is 0 Å². The van der Waals surface area contributed by atoms with Gasteiger partial charge in [-0.25, -0.2) is 4.79 Å². The van der Waals surface area contributed by atoms with Gasteiger partial charge in [-0.15, -0.1) is 0 Å². The second kappa shape index (κ2) is 9.31. The van der Waals surface area contributed by atoms with Gasteiger partial charge in [0.2, 0.25) is 0 Å². The van der Waals surface area contributed by atoms with E-state index in [1.807, 2.05) is 36.4 Å². The normalized spacial score (nSPS) is 14.7. The third-order valence-electron chi connectivity index (χ3n) is 5.15.